The number of rotatable bonds is 6. The van der Waals surface area contributed by atoms with Crippen LogP contribution >= 0.6 is 11.3 Å². The van der Waals surface area contributed by atoms with Gasteiger partial charge in [-0.3, -0.25) is 9.48 Å². The summed E-state index contributed by atoms with van der Waals surface area (Å²) < 4.78 is 27.7. The zero-order chi connectivity index (χ0) is 13.9. The Morgan fingerprint density at radius 1 is 1.53 bits per heavy atom. The molecule has 0 bridgehead atoms. The second-order valence-electron chi connectivity index (χ2n) is 3.73. The van der Waals surface area contributed by atoms with E-state index in [1.165, 1.54) is 17.1 Å². The SMILES string of the molecule is NCCn1cc(S(=O)(=O)NCc2csc(=O)[nH]2)cn1. The molecule has 19 heavy (non-hydrogen) atoms. The van der Waals surface area contributed by atoms with Crippen LogP contribution in [0.15, 0.2) is 27.5 Å². The number of nitrogens with one attached hydrogen (secondary N) is 2. The predicted molar refractivity (Wildman–Crippen MR) is 70.2 cm³/mol. The molecule has 2 heterocycles. The maximum Gasteiger partial charge on any atom is 0.304 e. The first kappa shape index (κ1) is 13.9. The minimum Gasteiger partial charge on any atom is -0.329 e. The fraction of sp³-hybridized carbons (Fsp3) is 0.333. The van der Waals surface area contributed by atoms with Crippen molar-refractivity contribution in [3.63, 3.8) is 0 Å². The molecule has 8 nitrogen and oxygen atoms in total. The number of aromatic nitrogens is 3. The largest absolute Gasteiger partial charge is 0.329 e. The number of aromatic amines is 1. The van der Waals surface area contributed by atoms with Gasteiger partial charge in [0.15, 0.2) is 0 Å². The van der Waals surface area contributed by atoms with E-state index in [0.717, 1.165) is 11.3 Å². The zero-order valence-corrected chi connectivity index (χ0v) is 11.5. The van der Waals surface area contributed by atoms with Crippen LogP contribution in [0.25, 0.3) is 0 Å². The first-order chi connectivity index (χ1) is 9.01. The second kappa shape index (κ2) is 5.65. The highest BCUT2D eigenvalue weighted by Crippen LogP contribution is 2.07. The molecular formula is C9H13N5O3S2. The molecule has 10 heteroatoms. The van der Waals surface area contributed by atoms with Crippen LogP contribution in [0.2, 0.25) is 0 Å². The van der Waals surface area contributed by atoms with E-state index in [0.29, 0.717) is 18.8 Å². The van der Waals surface area contributed by atoms with Crippen molar-refractivity contribution < 1.29 is 8.42 Å². The summed E-state index contributed by atoms with van der Waals surface area (Å²) in [6.07, 6.45) is 2.67. The average molecular weight is 303 g/mol. The van der Waals surface area contributed by atoms with Gasteiger partial charge in [0.25, 0.3) is 0 Å². The van der Waals surface area contributed by atoms with Gasteiger partial charge in [0.05, 0.1) is 19.3 Å². The van der Waals surface area contributed by atoms with Gasteiger partial charge in [0, 0.05) is 23.8 Å². The molecular weight excluding hydrogens is 290 g/mol. The molecule has 0 atom stereocenters. The lowest BCUT2D eigenvalue weighted by Gasteiger charge is -2.02. The molecule has 0 saturated heterocycles. The van der Waals surface area contributed by atoms with Crippen molar-refractivity contribution in [2.24, 2.45) is 5.73 Å². The van der Waals surface area contributed by atoms with Crippen LogP contribution in [-0.4, -0.2) is 29.7 Å². The predicted octanol–water partition coefficient (Wildman–Crippen LogP) is -0.930. The average Bonchev–Trinajstić information content (AvgIpc) is 2.97. The van der Waals surface area contributed by atoms with Gasteiger partial charge < -0.3 is 10.7 Å². The summed E-state index contributed by atoms with van der Waals surface area (Å²) in [6.45, 7) is 0.862. The molecule has 0 unspecified atom stereocenters. The van der Waals surface area contributed by atoms with Crippen molar-refractivity contribution >= 4 is 21.4 Å². The summed E-state index contributed by atoms with van der Waals surface area (Å²) in [4.78, 5) is 13.3. The summed E-state index contributed by atoms with van der Waals surface area (Å²) in [6, 6.07) is 0. The molecule has 0 radical (unpaired) electrons. The molecule has 0 aliphatic heterocycles. The van der Waals surface area contributed by atoms with Crippen molar-refractivity contribution in [2.75, 3.05) is 6.54 Å². The monoisotopic (exact) mass is 303 g/mol. The van der Waals surface area contributed by atoms with Gasteiger partial charge in [0.2, 0.25) is 10.0 Å². The number of nitrogens with two attached hydrogens (primary N) is 1. The highest BCUT2D eigenvalue weighted by molar-refractivity contribution is 7.89. The number of thiazole rings is 1. The molecule has 4 N–H and O–H groups in total. The lowest BCUT2D eigenvalue weighted by atomic mass is 10.5. The number of hydrogen-bond acceptors (Lipinski definition) is 6. The lowest BCUT2D eigenvalue weighted by molar-refractivity contribution is 0.579. The molecule has 0 saturated carbocycles. The number of sulfonamides is 1. The Morgan fingerprint density at radius 3 is 2.95 bits per heavy atom. The zero-order valence-electron chi connectivity index (χ0n) is 9.87. The quantitative estimate of drug-likeness (QED) is 0.636. The summed E-state index contributed by atoms with van der Waals surface area (Å²) in [5.41, 5.74) is 5.88. The van der Waals surface area contributed by atoms with E-state index in [2.05, 4.69) is 14.8 Å². The van der Waals surface area contributed by atoms with Crippen LogP contribution in [0.1, 0.15) is 5.69 Å². The number of nitrogens with zero attached hydrogens (tertiary/aromatic N) is 2. The third-order valence-corrected chi connectivity index (χ3v) is 4.38. The van der Waals surface area contributed by atoms with Crippen LogP contribution in [0.4, 0.5) is 0 Å². The summed E-state index contributed by atoms with van der Waals surface area (Å²) in [5.74, 6) is 0. The van der Waals surface area contributed by atoms with Crippen LogP contribution in [0.3, 0.4) is 0 Å². The van der Waals surface area contributed by atoms with Crippen LogP contribution < -0.4 is 15.3 Å². The van der Waals surface area contributed by atoms with Gasteiger partial charge in [0.1, 0.15) is 4.90 Å². The van der Waals surface area contributed by atoms with E-state index in [1.54, 1.807) is 5.38 Å². The summed E-state index contributed by atoms with van der Waals surface area (Å²) >= 11 is 0.985. The van der Waals surface area contributed by atoms with Gasteiger partial charge in [-0.1, -0.05) is 11.3 Å². The molecule has 2 aromatic heterocycles. The van der Waals surface area contributed by atoms with Crippen molar-refractivity contribution in [3.05, 3.63) is 33.1 Å². The Labute approximate surface area is 113 Å². The number of hydrogen-bond donors (Lipinski definition) is 3. The Morgan fingerprint density at radius 2 is 2.32 bits per heavy atom. The molecule has 0 fully saturated rings. The molecule has 0 spiro atoms. The fourth-order valence-electron chi connectivity index (χ4n) is 1.39. The summed E-state index contributed by atoms with van der Waals surface area (Å²) in [5, 5.41) is 5.47. The van der Waals surface area contributed by atoms with Crippen molar-refractivity contribution in [3.8, 4) is 0 Å². The topological polar surface area (TPSA) is 123 Å². The maximum absolute atomic E-state index is 11.9. The molecule has 0 amide bonds. The van der Waals surface area contributed by atoms with Crippen molar-refractivity contribution in [1.82, 2.24) is 19.5 Å². The smallest absolute Gasteiger partial charge is 0.304 e. The Balaban J connectivity index is 2.06. The van der Waals surface area contributed by atoms with Crippen LogP contribution in [0, 0.1) is 0 Å². The Bertz CT molecular complexity index is 699. The lowest BCUT2D eigenvalue weighted by Crippen LogP contribution is -2.23. The highest BCUT2D eigenvalue weighted by atomic mass is 32.2. The van der Waals surface area contributed by atoms with E-state index >= 15 is 0 Å². The number of H-pyrrole nitrogens is 1. The Kier molecular flexibility index (Phi) is 4.14. The highest BCUT2D eigenvalue weighted by Gasteiger charge is 2.16. The van der Waals surface area contributed by atoms with E-state index in [4.69, 9.17) is 5.73 Å². The van der Waals surface area contributed by atoms with Crippen molar-refractivity contribution in [1.29, 1.82) is 0 Å². The fourth-order valence-corrected chi connectivity index (χ4v) is 2.93. The van der Waals surface area contributed by atoms with Crippen LogP contribution in [-0.2, 0) is 23.1 Å². The third-order valence-electron chi connectivity index (χ3n) is 2.30. The van der Waals surface area contributed by atoms with E-state index < -0.39 is 10.0 Å². The van der Waals surface area contributed by atoms with Gasteiger partial charge in [-0.05, 0) is 0 Å². The molecule has 2 aromatic rings. The summed E-state index contributed by atoms with van der Waals surface area (Å²) in [7, 11) is -3.64. The van der Waals surface area contributed by atoms with Gasteiger partial charge in [-0.25, -0.2) is 13.1 Å². The third kappa shape index (κ3) is 3.50. The van der Waals surface area contributed by atoms with E-state index in [-0.39, 0.29) is 16.3 Å². The van der Waals surface area contributed by atoms with E-state index in [9.17, 15) is 13.2 Å². The molecule has 0 aliphatic carbocycles. The van der Waals surface area contributed by atoms with Crippen LogP contribution in [0.5, 0.6) is 0 Å². The first-order valence-corrected chi connectivity index (χ1v) is 7.76. The minimum absolute atomic E-state index is 0.0309. The van der Waals surface area contributed by atoms with Gasteiger partial charge in [-0.2, -0.15) is 5.10 Å². The minimum atomic E-state index is -3.64. The first-order valence-electron chi connectivity index (χ1n) is 5.40. The van der Waals surface area contributed by atoms with E-state index in [1.807, 2.05) is 0 Å². The van der Waals surface area contributed by atoms with Gasteiger partial charge >= 0.3 is 4.87 Å². The molecule has 0 aliphatic rings. The standard InChI is InChI=1S/C9H13N5O3S2/c10-1-2-14-5-8(4-11-14)19(16,17)12-3-7-6-18-9(15)13-7/h4-6,12H,1-3,10H2,(H,13,15). The molecule has 104 valence electrons. The molecule has 0 aromatic carbocycles. The molecule has 2 rings (SSSR count). The van der Waals surface area contributed by atoms with Gasteiger partial charge in [-0.15, -0.1) is 0 Å². The maximum atomic E-state index is 11.9. The van der Waals surface area contributed by atoms with Crippen molar-refractivity contribution in [2.45, 2.75) is 18.0 Å². The Hall–Kier alpha value is -1.49. The normalized spacial score (nSPS) is 11.8. The second-order valence-corrected chi connectivity index (χ2v) is 6.33.